The van der Waals surface area contributed by atoms with Gasteiger partial charge in [-0.05, 0) is 13.8 Å². The van der Waals surface area contributed by atoms with E-state index in [0.717, 1.165) is 0 Å². The van der Waals surface area contributed by atoms with Crippen molar-refractivity contribution < 1.29 is 9.84 Å². The Kier molecular flexibility index (Phi) is 1.96. The highest BCUT2D eigenvalue weighted by Crippen LogP contribution is 2.32. The Morgan fingerprint density at radius 3 is 2.36 bits per heavy atom. The molecule has 5 N–H and O–H groups in total. The van der Waals surface area contributed by atoms with E-state index in [-0.39, 0.29) is 6.10 Å². The fraction of sp³-hybridized carbons (Fsp3) is 1.00. The van der Waals surface area contributed by atoms with Crippen molar-refractivity contribution in [3.05, 3.63) is 0 Å². The molecule has 4 heteroatoms. The SMILES string of the molecule is CC(C)(O)C1(N)CO[C@H]1CN. The summed E-state index contributed by atoms with van der Waals surface area (Å²) in [6, 6.07) is 0. The molecular formula is C7H16N2O2. The lowest BCUT2D eigenvalue weighted by Gasteiger charge is -2.52. The molecule has 0 radical (unpaired) electrons. The van der Waals surface area contributed by atoms with Crippen LogP contribution in [0.15, 0.2) is 0 Å². The van der Waals surface area contributed by atoms with Crippen molar-refractivity contribution in [1.29, 1.82) is 0 Å². The summed E-state index contributed by atoms with van der Waals surface area (Å²) in [5, 5.41) is 9.64. The normalized spacial score (nSPS) is 38.5. The Balaban J connectivity index is 2.68. The highest BCUT2D eigenvalue weighted by atomic mass is 16.5. The van der Waals surface area contributed by atoms with Crippen LogP contribution in [-0.4, -0.2) is 35.5 Å². The molecule has 0 spiro atoms. The lowest BCUT2D eigenvalue weighted by molar-refractivity contribution is -0.199. The van der Waals surface area contributed by atoms with Crippen LogP contribution in [0.2, 0.25) is 0 Å². The van der Waals surface area contributed by atoms with E-state index in [2.05, 4.69) is 0 Å². The van der Waals surface area contributed by atoms with Gasteiger partial charge in [0, 0.05) is 6.54 Å². The molecular weight excluding hydrogens is 144 g/mol. The number of hydrogen-bond donors (Lipinski definition) is 3. The summed E-state index contributed by atoms with van der Waals surface area (Å²) in [4.78, 5) is 0. The van der Waals surface area contributed by atoms with E-state index < -0.39 is 11.1 Å². The van der Waals surface area contributed by atoms with Crippen LogP contribution < -0.4 is 11.5 Å². The quantitative estimate of drug-likeness (QED) is 0.474. The van der Waals surface area contributed by atoms with Crippen molar-refractivity contribution in [2.75, 3.05) is 13.2 Å². The fourth-order valence-corrected chi connectivity index (χ4v) is 1.23. The average Bonchev–Trinajstić information content (AvgIpc) is 1.83. The van der Waals surface area contributed by atoms with Crippen molar-refractivity contribution in [2.24, 2.45) is 11.5 Å². The molecule has 0 saturated carbocycles. The van der Waals surface area contributed by atoms with Gasteiger partial charge in [-0.15, -0.1) is 0 Å². The molecule has 1 saturated heterocycles. The molecule has 0 amide bonds. The summed E-state index contributed by atoms with van der Waals surface area (Å²) in [6.07, 6.45) is -0.206. The molecule has 66 valence electrons. The summed E-state index contributed by atoms with van der Waals surface area (Å²) in [5.74, 6) is 0. The van der Waals surface area contributed by atoms with Gasteiger partial charge in [0.15, 0.2) is 0 Å². The predicted octanol–water partition coefficient (Wildman–Crippen LogP) is -1.19. The van der Waals surface area contributed by atoms with Crippen molar-refractivity contribution in [3.8, 4) is 0 Å². The summed E-state index contributed by atoms with van der Waals surface area (Å²) in [7, 11) is 0. The van der Waals surface area contributed by atoms with Crippen LogP contribution in [0.25, 0.3) is 0 Å². The maximum absolute atomic E-state index is 9.64. The number of hydrogen-bond acceptors (Lipinski definition) is 4. The van der Waals surface area contributed by atoms with Crippen molar-refractivity contribution in [1.82, 2.24) is 0 Å². The number of rotatable bonds is 2. The summed E-state index contributed by atoms with van der Waals surface area (Å²) in [6.45, 7) is 4.11. The van der Waals surface area contributed by atoms with Crippen molar-refractivity contribution in [2.45, 2.75) is 31.1 Å². The third-order valence-electron chi connectivity index (χ3n) is 2.45. The van der Waals surface area contributed by atoms with Crippen LogP contribution >= 0.6 is 0 Å². The van der Waals surface area contributed by atoms with E-state index in [0.29, 0.717) is 13.2 Å². The molecule has 4 nitrogen and oxygen atoms in total. The second kappa shape index (κ2) is 2.42. The third-order valence-corrected chi connectivity index (χ3v) is 2.45. The van der Waals surface area contributed by atoms with Gasteiger partial charge in [-0.25, -0.2) is 0 Å². The maximum atomic E-state index is 9.64. The third kappa shape index (κ3) is 1.16. The smallest absolute Gasteiger partial charge is 0.0955 e. The van der Waals surface area contributed by atoms with Gasteiger partial charge >= 0.3 is 0 Å². The molecule has 0 aliphatic carbocycles. The molecule has 2 atom stereocenters. The zero-order valence-corrected chi connectivity index (χ0v) is 7.00. The first kappa shape index (κ1) is 8.93. The molecule has 11 heavy (non-hydrogen) atoms. The molecule has 1 aliphatic rings. The van der Waals surface area contributed by atoms with Crippen LogP contribution in [0.3, 0.4) is 0 Å². The topological polar surface area (TPSA) is 81.5 Å². The molecule has 0 bridgehead atoms. The van der Waals surface area contributed by atoms with Crippen molar-refractivity contribution >= 4 is 0 Å². The first-order valence-corrected chi connectivity index (χ1v) is 3.75. The van der Waals surface area contributed by atoms with Gasteiger partial charge in [0.25, 0.3) is 0 Å². The Bertz CT molecular complexity index is 153. The Hall–Kier alpha value is -0.160. The summed E-state index contributed by atoms with van der Waals surface area (Å²) in [5.41, 5.74) is 9.68. The average molecular weight is 160 g/mol. The number of nitrogens with two attached hydrogens (primary N) is 2. The largest absolute Gasteiger partial charge is 0.388 e. The van der Waals surface area contributed by atoms with Crippen LogP contribution in [0, 0.1) is 0 Å². The fourth-order valence-electron chi connectivity index (χ4n) is 1.23. The molecule has 1 aliphatic heterocycles. The summed E-state index contributed by atoms with van der Waals surface area (Å²) < 4.78 is 5.11. The van der Waals surface area contributed by atoms with Crippen LogP contribution in [-0.2, 0) is 4.74 Å². The van der Waals surface area contributed by atoms with E-state index in [1.807, 2.05) is 0 Å². The van der Waals surface area contributed by atoms with Gasteiger partial charge in [0.1, 0.15) is 0 Å². The highest BCUT2D eigenvalue weighted by molar-refractivity contribution is 5.10. The molecule has 0 aromatic heterocycles. The van der Waals surface area contributed by atoms with Gasteiger partial charge < -0.3 is 21.3 Å². The van der Waals surface area contributed by atoms with Gasteiger partial charge in [-0.1, -0.05) is 0 Å². The van der Waals surface area contributed by atoms with E-state index in [1.165, 1.54) is 0 Å². The number of aliphatic hydroxyl groups is 1. The maximum Gasteiger partial charge on any atom is 0.0955 e. The number of ether oxygens (including phenoxy) is 1. The molecule has 1 fully saturated rings. The zero-order chi connectivity index (χ0) is 8.70. The monoisotopic (exact) mass is 160 g/mol. The minimum atomic E-state index is -0.921. The zero-order valence-electron chi connectivity index (χ0n) is 7.00. The molecule has 1 unspecified atom stereocenters. The van der Waals surface area contributed by atoms with Gasteiger partial charge in [0.05, 0.1) is 23.9 Å². The first-order chi connectivity index (χ1) is 4.92. The molecule has 0 aromatic rings. The standard InChI is InChI=1S/C7H16N2O2/c1-6(2,10)7(9)4-11-5(7)3-8/h5,10H,3-4,8-9H2,1-2H3/t5-,7?/m0/s1. The van der Waals surface area contributed by atoms with Crippen LogP contribution in [0.4, 0.5) is 0 Å². The Labute approximate surface area is 66.5 Å². The molecule has 0 aromatic carbocycles. The van der Waals surface area contributed by atoms with Crippen LogP contribution in [0.1, 0.15) is 13.8 Å². The minimum absolute atomic E-state index is 0.206. The van der Waals surface area contributed by atoms with Crippen molar-refractivity contribution in [3.63, 3.8) is 0 Å². The van der Waals surface area contributed by atoms with E-state index in [4.69, 9.17) is 16.2 Å². The van der Waals surface area contributed by atoms with Gasteiger partial charge in [0.2, 0.25) is 0 Å². The molecule has 1 rings (SSSR count). The highest BCUT2D eigenvalue weighted by Gasteiger charge is 2.54. The van der Waals surface area contributed by atoms with Gasteiger partial charge in [-0.2, -0.15) is 0 Å². The van der Waals surface area contributed by atoms with Crippen LogP contribution in [0.5, 0.6) is 0 Å². The van der Waals surface area contributed by atoms with E-state index in [1.54, 1.807) is 13.8 Å². The Morgan fingerprint density at radius 2 is 2.27 bits per heavy atom. The second-order valence-corrected chi connectivity index (χ2v) is 3.63. The lowest BCUT2D eigenvalue weighted by Crippen LogP contribution is -2.76. The second-order valence-electron chi connectivity index (χ2n) is 3.63. The lowest BCUT2D eigenvalue weighted by atomic mass is 9.75. The summed E-state index contributed by atoms with van der Waals surface area (Å²) >= 11 is 0. The minimum Gasteiger partial charge on any atom is -0.388 e. The van der Waals surface area contributed by atoms with E-state index >= 15 is 0 Å². The molecule has 1 heterocycles. The Morgan fingerprint density at radius 1 is 1.73 bits per heavy atom. The predicted molar refractivity (Wildman–Crippen MR) is 42.0 cm³/mol. The van der Waals surface area contributed by atoms with E-state index in [9.17, 15) is 5.11 Å². The first-order valence-electron chi connectivity index (χ1n) is 3.75. The van der Waals surface area contributed by atoms with Gasteiger partial charge in [-0.3, -0.25) is 0 Å².